The van der Waals surface area contributed by atoms with Gasteiger partial charge in [-0.1, -0.05) is 11.6 Å². The highest BCUT2D eigenvalue weighted by atomic mass is 35.5. The predicted molar refractivity (Wildman–Crippen MR) is 72.9 cm³/mol. The lowest BCUT2D eigenvalue weighted by molar-refractivity contribution is 0.0143. The molecule has 1 N–H and O–H groups in total. The first-order valence-electron chi connectivity index (χ1n) is 5.52. The first-order valence-corrected chi connectivity index (χ1v) is 5.90. The second kappa shape index (κ2) is 5.61. The van der Waals surface area contributed by atoms with Crippen LogP contribution in [0.25, 0.3) is 0 Å². The maximum absolute atomic E-state index is 13.0. The molecular formula is C13H12ClFN2O2. The van der Waals surface area contributed by atoms with E-state index in [0.717, 1.165) is 0 Å². The van der Waals surface area contributed by atoms with Crippen LogP contribution in [0.3, 0.4) is 0 Å². The van der Waals surface area contributed by atoms with Gasteiger partial charge < -0.3 is 9.84 Å². The van der Waals surface area contributed by atoms with Gasteiger partial charge in [0.2, 0.25) is 0 Å². The van der Waals surface area contributed by atoms with E-state index in [4.69, 9.17) is 16.3 Å². The van der Waals surface area contributed by atoms with Crippen LogP contribution >= 0.6 is 11.6 Å². The van der Waals surface area contributed by atoms with Gasteiger partial charge in [0.15, 0.2) is 5.60 Å². The largest absolute Gasteiger partial charge is 0.384 e. The normalized spacial score (nSPS) is 26.2. The molecule has 1 aromatic rings. The van der Waals surface area contributed by atoms with Crippen LogP contribution in [0, 0.1) is 5.82 Å². The molecule has 1 aliphatic heterocycles. The van der Waals surface area contributed by atoms with Crippen LogP contribution in [0.15, 0.2) is 40.5 Å². The van der Waals surface area contributed by atoms with Gasteiger partial charge in [-0.3, -0.25) is 9.98 Å². The zero-order valence-corrected chi connectivity index (χ0v) is 10.9. The van der Waals surface area contributed by atoms with Gasteiger partial charge in [-0.2, -0.15) is 0 Å². The highest BCUT2D eigenvalue weighted by Crippen LogP contribution is 2.23. The number of rotatable bonds is 3. The molecule has 1 aliphatic rings. The van der Waals surface area contributed by atoms with Crippen molar-refractivity contribution in [3.63, 3.8) is 0 Å². The van der Waals surface area contributed by atoms with Gasteiger partial charge in [0.1, 0.15) is 11.9 Å². The molecule has 0 radical (unpaired) electrons. The summed E-state index contributed by atoms with van der Waals surface area (Å²) in [6, 6.07) is 4.10. The molecule has 100 valence electrons. The molecule has 4 nitrogen and oxygen atoms in total. The topological polar surface area (TPSA) is 54.2 Å². The number of hydrogen-bond donors (Lipinski definition) is 1. The van der Waals surface area contributed by atoms with Crippen molar-refractivity contribution in [2.24, 2.45) is 9.98 Å². The summed E-state index contributed by atoms with van der Waals surface area (Å²) >= 11 is 5.67. The molecule has 2 rings (SSSR count). The summed E-state index contributed by atoms with van der Waals surface area (Å²) in [6.07, 6.45) is 4.95. The number of benzene rings is 1. The summed E-state index contributed by atoms with van der Waals surface area (Å²) in [6.45, 7) is 0. The molecule has 1 heterocycles. The maximum Gasteiger partial charge on any atom is 0.153 e. The van der Waals surface area contributed by atoms with Crippen molar-refractivity contribution in [1.82, 2.24) is 0 Å². The third kappa shape index (κ3) is 2.89. The molecule has 19 heavy (non-hydrogen) atoms. The SMILES string of the molecule is COC1(C=Nc2ccc(F)c(Cl)c2)C=CN=CC1O. The Kier molecular flexibility index (Phi) is 4.09. The first kappa shape index (κ1) is 13.9. The van der Waals surface area contributed by atoms with E-state index in [-0.39, 0.29) is 5.02 Å². The predicted octanol–water partition coefficient (Wildman–Crippen LogP) is 2.53. The summed E-state index contributed by atoms with van der Waals surface area (Å²) < 4.78 is 18.3. The van der Waals surface area contributed by atoms with Crippen LogP contribution in [0.5, 0.6) is 0 Å². The standard InChI is InChI=1S/C13H12ClFN2O2/c1-19-13(4-5-16-7-12(13)18)8-17-9-2-3-11(15)10(14)6-9/h2-8,12,18H,1H3. The van der Waals surface area contributed by atoms with Gasteiger partial charge >= 0.3 is 0 Å². The number of ether oxygens (including phenoxy) is 1. The van der Waals surface area contributed by atoms with Gasteiger partial charge in [-0.05, 0) is 24.3 Å². The summed E-state index contributed by atoms with van der Waals surface area (Å²) in [5, 5.41) is 9.88. The molecule has 2 atom stereocenters. The number of aliphatic imine (C=N–C) groups is 2. The van der Waals surface area contributed by atoms with Crippen molar-refractivity contribution >= 4 is 29.7 Å². The average molecular weight is 283 g/mol. The Morgan fingerprint density at radius 3 is 3.00 bits per heavy atom. The Bertz CT molecular complexity index is 560. The lowest BCUT2D eigenvalue weighted by Crippen LogP contribution is -2.46. The van der Waals surface area contributed by atoms with Gasteiger partial charge in [-0.25, -0.2) is 4.39 Å². The summed E-state index contributed by atoms with van der Waals surface area (Å²) in [5.41, 5.74) is -0.617. The van der Waals surface area contributed by atoms with Crippen LogP contribution in [0.4, 0.5) is 10.1 Å². The van der Waals surface area contributed by atoms with E-state index < -0.39 is 17.5 Å². The quantitative estimate of drug-likeness (QED) is 0.866. The minimum Gasteiger partial charge on any atom is -0.384 e. The summed E-state index contributed by atoms with van der Waals surface area (Å²) in [7, 11) is 1.45. The zero-order chi connectivity index (χ0) is 13.9. The number of hydrogen-bond acceptors (Lipinski definition) is 4. The summed E-state index contributed by atoms with van der Waals surface area (Å²) in [4.78, 5) is 7.97. The van der Waals surface area contributed by atoms with E-state index >= 15 is 0 Å². The monoisotopic (exact) mass is 282 g/mol. The zero-order valence-electron chi connectivity index (χ0n) is 10.1. The molecule has 0 saturated carbocycles. The third-order valence-electron chi connectivity index (χ3n) is 2.78. The second-order valence-electron chi connectivity index (χ2n) is 3.97. The van der Waals surface area contributed by atoms with E-state index in [1.54, 1.807) is 6.08 Å². The smallest absolute Gasteiger partial charge is 0.153 e. The van der Waals surface area contributed by atoms with Gasteiger partial charge in [0.25, 0.3) is 0 Å². The lowest BCUT2D eigenvalue weighted by atomic mass is 9.97. The van der Waals surface area contributed by atoms with Crippen LogP contribution in [-0.4, -0.2) is 36.4 Å². The molecule has 2 unspecified atom stereocenters. The van der Waals surface area contributed by atoms with E-state index in [9.17, 15) is 9.50 Å². The van der Waals surface area contributed by atoms with Gasteiger partial charge in [-0.15, -0.1) is 0 Å². The van der Waals surface area contributed by atoms with Crippen molar-refractivity contribution < 1.29 is 14.2 Å². The van der Waals surface area contributed by atoms with E-state index in [1.165, 1.54) is 43.9 Å². The minimum atomic E-state index is -1.08. The Morgan fingerprint density at radius 2 is 2.37 bits per heavy atom. The molecule has 6 heteroatoms. The number of aliphatic hydroxyl groups excluding tert-OH is 1. The van der Waals surface area contributed by atoms with Crippen molar-refractivity contribution in [2.45, 2.75) is 11.7 Å². The fraction of sp³-hybridized carbons (Fsp3) is 0.231. The van der Waals surface area contributed by atoms with Gasteiger partial charge in [0, 0.05) is 25.7 Å². The van der Waals surface area contributed by atoms with Gasteiger partial charge in [0.05, 0.1) is 10.7 Å². The molecule has 0 aliphatic carbocycles. The molecule has 0 spiro atoms. The second-order valence-corrected chi connectivity index (χ2v) is 4.38. The van der Waals surface area contributed by atoms with Crippen LogP contribution in [0.2, 0.25) is 5.02 Å². The Balaban J connectivity index is 2.27. The van der Waals surface area contributed by atoms with E-state index in [1.807, 2.05) is 0 Å². The number of nitrogens with zero attached hydrogens (tertiary/aromatic N) is 2. The average Bonchev–Trinajstić information content (AvgIpc) is 2.42. The molecule has 1 aromatic carbocycles. The number of aliphatic hydroxyl groups is 1. The van der Waals surface area contributed by atoms with Crippen molar-refractivity contribution in [2.75, 3.05) is 7.11 Å². The molecule has 0 aromatic heterocycles. The first-order chi connectivity index (χ1) is 9.07. The third-order valence-corrected chi connectivity index (χ3v) is 3.07. The maximum atomic E-state index is 13.0. The molecule has 0 bridgehead atoms. The fourth-order valence-electron chi connectivity index (χ4n) is 1.61. The van der Waals surface area contributed by atoms with E-state index in [0.29, 0.717) is 5.69 Å². The fourth-order valence-corrected chi connectivity index (χ4v) is 1.78. The van der Waals surface area contributed by atoms with Crippen molar-refractivity contribution in [1.29, 1.82) is 0 Å². The molecular weight excluding hydrogens is 271 g/mol. The Morgan fingerprint density at radius 1 is 1.58 bits per heavy atom. The number of methoxy groups -OCH3 is 1. The van der Waals surface area contributed by atoms with Crippen LogP contribution < -0.4 is 0 Å². The highest BCUT2D eigenvalue weighted by Gasteiger charge is 2.34. The Hall–Kier alpha value is -1.56. The Labute approximate surface area is 114 Å². The summed E-state index contributed by atoms with van der Waals surface area (Å²) in [5.74, 6) is -0.508. The highest BCUT2D eigenvalue weighted by molar-refractivity contribution is 6.31. The lowest BCUT2D eigenvalue weighted by Gasteiger charge is -2.29. The van der Waals surface area contributed by atoms with Crippen LogP contribution in [0.1, 0.15) is 0 Å². The van der Waals surface area contributed by atoms with E-state index in [2.05, 4.69) is 9.98 Å². The van der Waals surface area contributed by atoms with Crippen molar-refractivity contribution in [3.8, 4) is 0 Å². The number of halogens is 2. The van der Waals surface area contributed by atoms with Crippen LogP contribution in [-0.2, 0) is 4.74 Å². The molecule has 0 saturated heterocycles. The molecule has 0 amide bonds. The van der Waals surface area contributed by atoms with Crippen molar-refractivity contribution in [3.05, 3.63) is 41.3 Å². The minimum absolute atomic E-state index is 0.0117. The molecule has 0 fully saturated rings.